The Morgan fingerprint density at radius 2 is 1.88 bits per heavy atom. The van der Waals surface area contributed by atoms with Crippen molar-refractivity contribution in [2.45, 2.75) is 32.9 Å². The van der Waals surface area contributed by atoms with Gasteiger partial charge in [-0.15, -0.1) is 0 Å². The highest BCUT2D eigenvalue weighted by Crippen LogP contribution is 2.23. The highest BCUT2D eigenvalue weighted by molar-refractivity contribution is 5.80. The minimum Gasteiger partial charge on any atom is -0.369 e. The first-order chi connectivity index (χ1) is 12.6. The molecular formula is C19H26N4O3. The molecule has 26 heavy (non-hydrogen) atoms. The van der Waals surface area contributed by atoms with Gasteiger partial charge in [-0.25, -0.2) is 0 Å². The fraction of sp³-hybridized carbons (Fsp3) is 0.526. The molecule has 2 aromatic rings. The van der Waals surface area contributed by atoms with E-state index in [9.17, 15) is 4.79 Å². The molecule has 0 radical (unpaired) electrons. The number of rotatable bonds is 6. The number of nitrogens with zero attached hydrogens (tertiary/aromatic N) is 4. The summed E-state index contributed by atoms with van der Waals surface area (Å²) in [7, 11) is 0. The molecule has 140 valence electrons. The molecular weight excluding hydrogens is 332 g/mol. The van der Waals surface area contributed by atoms with E-state index < -0.39 is 0 Å². The number of aromatic nitrogens is 2. The SMILES string of the molecule is CCO[C@H](C)C(=O)N1CCN([C@@H](C)c2nc(-c3ccccc3)no2)CC1. The van der Waals surface area contributed by atoms with Gasteiger partial charge in [0.25, 0.3) is 5.91 Å². The minimum absolute atomic E-state index is 0.0153. The molecule has 3 rings (SSSR count). The largest absolute Gasteiger partial charge is 0.369 e. The first-order valence-electron chi connectivity index (χ1n) is 9.13. The van der Waals surface area contributed by atoms with Crippen LogP contribution in [0.4, 0.5) is 0 Å². The number of hydrogen-bond acceptors (Lipinski definition) is 6. The minimum atomic E-state index is -0.381. The Labute approximate surface area is 153 Å². The highest BCUT2D eigenvalue weighted by atomic mass is 16.5. The average Bonchev–Trinajstić information content (AvgIpc) is 3.18. The lowest BCUT2D eigenvalue weighted by Crippen LogP contribution is -2.51. The number of carbonyl (C=O) groups is 1. The van der Waals surface area contributed by atoms with Crippen LogP contribution >= 0.6 is 0 Å². The summed E-state index contributed by atoms with van der Waals surface area (Å²) >= 11 is 0. The quantitative estimate of drug-likeness (QED) is 0.789. The monoisotopic (exact) mass is 358 g/mol. The predicted octanol–water partition coefficient (Wildman–Crippen LogP) is 2.37. The van der Waals surface area contributed by atoms with Gasteiger partial charge < -0.3 is 14.2 Å². The zero-order valence-electron chi connectivity index (χ0n) is 15.6. The van der Waals surface area contributed by atoms with Gasteiger partial charge in [0.05, 0.1) is 6.04 Å². The summed E-state index contributed by atoms with van der Waals surface area (Å²) in [6.07, 6.45) is -0.381. The molecule has 1 aromatic carbocycles. The maximum Gasteiger partial charge on any atom is 0.251 e. The van der Waals surface area contributed by atoms with Gasteiger partial charge in [-0.2, -0.15) is 4.98 Å². The smallest absolute Gasteiger partial charge is 0.251 e. The van der Waals surface area contributed by atoms with E-state index in [-0.39, 0.29) is 18.1 Å². The first kappa shape index (κ1) is 18.5. The van der Waals surface area contributed by atoms with Crippen LogP contribution in [-0.4, -0.2) is 64.7 Å². The topological polar surface area (TPSA) is 71.7 Å². The lowest BCUT2D eigenvalue weighted by Gasteiger charge is -2.37. The van der Waals surface area contributed by atoms with Gasteiger partial charge in [0.15, 0.2) is 0 Å². The van der Waals surface area contributed by atoms with Gasteiger partial charge in [-0.05, 0) is 20.8 Å². The van der Waals surface area contributed by atoms with Crippen molar-refractivity contribution in [1.82, 2.24) is 19.9 Å². The van der Waals surface area contributed by atoms with E-state index in [2.05, 4.69) is 22.0 Å². The van der Waals surface area contributed by atoms with E-state index >= 15 is 0 Å². The molecule has 0 N–H and O–H groups in total. The van der Waals surface area contributed by atoms with Crippen LogP contribution in [0.5, 0.6) is 0 Å². The van der Waals surface area contributed by atoms with Crippen molar-refractivity contribution in [1.29, 1.82) is 0 Å². The Morgan fingerprint density at radius 1 is 1.19 bits per heavy atom. The van der Waals surface area contributed by atoms with Crippen LogP contribution in [0.2, 0.25) is 0 Å². The highest BCUT2D eigenvalue weighted by Gasteiger charge is 2.29. The molecule has 1 saturated heterocycles. The van der Waals surface area contributed by atoms with Crippen LogP contribution in [0.15, 0.2) is 34.9 Å². The van der Waals surface area contributed by atoms with Gasteiger partial charge in [0.1, 0.15) is 6.10 Å². The third kappa shape index (κ3) is 4.11. The summed E-state index contributed by atoms with van der Waals surface area (Å²) < 4.78 is 10.9. The predicted molar refractivity (Wildman–Crippen MR) is 97.4 cm³/mol. The lowest BCUT2D eigenvalue weighted by atomic mass is 10.2. The Kier molecular flexibility index (Phi) is 6.00. The zero-order chi connectivity index (χ0) is 18.5. The molecule has 1 amide bonds. The molecule has 1 fully saturated rings. The second-order valence-corrected chi connectivity index (χ2v) is 6.46. The maximum absolute atomic E-state index is 12.3. The Hall–Kier alpha value is -2.25. The second kappa shape index (κ2) is 8.42. The van der Waals surface area contributed by atoms with E-state index in [1.165, 1.54) is 0 Å². The third-order valence-corrected chi connectivity index (χ3v) is 4.77. The molecule has 0 spiro atoms. The van der Waals surface area contributed by atoms with E-state index in [1.807, 2.05) is 49.1 Å². The maximum atomic E-state index is 12.3. The summed E-state index contributed by atoms with van der Waals surface area (Å²) in [5.74, 6) is 1.27. The van der Waals surface area contributed by atoms with Crippen molar-refractivity contribution in [3.05, 3.63) is 36.2 Å². The van der Waals surface area contributed by atoms with Crippen molar-refractivity contribution in [3.8, 4) is 11.4 Å². The number of carbonyl (C=O) groups excluding carboxylic acids is 1. The molecule has 7 nitrogen and oxygen atoms in total. The Morgan fingerprint density at radius 3 is 2.54 bits per heavy atom. The summed E-state index contributed by atoms with van der Waals surface area (Å²) in [5.41, 5.74) is 0.940. The van der Waals surface area contributed by atoms with Crippen LogP contribution in [0.3, 0.4) is 0 Å². The fourth-order valence-corrected chi connectivity index (χ4v) is 3.17. The molecule has 1 aromatic heterocycles. The van der Waals surface area contributed by atoms with Crippen LogP contribution in [0.25, 0.3) is 11.4 Å². The molecule has 0 saturated carbocycles. The molecule has 2 atom stereocenters. The lowest BCUT2D eigenvalue weighted by molar-refractivity contribution is -0.144. The van der Waals surface area contributed by atoms with Gasteiger partial charge in [-0.1, -0.05) is 35.5 Å². The Bertz CT molecular complexity index is 711. The van der Waals surface area contributed by atoms with Gasteiger partial charge in [0.2, 0.25) is 11.7 Å². The van der Waals surface area contributed by atoms with Crippen molar-refractivity contribution >= 4 is 5.91 Å². The summed E-state index contributed by atoms with van der Waals surface area (Å²) in [6, 6.07) is 9.80. The average molecular weight is 358 g/mol. The molecule has 0 bridgehead atoms. The third-order valence-electron chi connectivity index (χ3n) is 4.77. The molecule has 1 aliphatic heterocycles. The molecule has 0 aliphatic carbocycles. The van der Waals surface area contributed by atoms with E-state index in [4.69, 9.17) is 9.26 Å². The summed E-state index contributed by atoms with van der Waals surface area (Å²) in [4.78, 5) is 21.0. The number of amides is 1. The number of hydrogen-bond donors (Lipinski definition) is 0. The number of piperazine rings is 1. The van der Waals surface area contributed by atoms with Crippen molar-refractivity contribution in [2.75, 3.05) is 32.8 Å². The van der Waals surface area contributed by atoms with Crippen LogP contribution < -0.4 is 0 Å². The van der Waals surface area contributed by atoms with E-state index in [0.717, 1.165) is 18.7 Å². The van der Waals surface area contributed by atoms with Crippen molar-refractivity contribution in [2.24, 2.45) is 0 Å². The van der Waals surface area contributed by atoms with Gasteiger partial charge in [-0.3, -0.25) is 9.69 Å². The van der Waals surface area contributed by atoms with Gasteiger partial charge >= 0.3 is 0 Å². The molecule has 2 heterocycles. The first-order valence-corrected chi connectivity index (χ1v) is 9.13. The zero-order valence-corrected chi connectivity index (χ0v) is 15.6. The van der Waals surface area contributed by atoms with E-state index in [0.29, 0.717) is 31.4 Å². The van der Waals surface area contributed by atoms with E-state index in [1.54, 1.807) is 0 Å². The summed E-state index contributed by atoms with van der Waals surface area (Å²) in [6.45, 7) is 9.22. The van der Waals surface area contributed by atoms with Crippen LogP contribution in [-0.2, 0) is 9.53 Å². The van der Waals surface area contributed by atoms with Gasteiger partial charge in [0, 0.05) is 38.3 Å². The van der Waals surface area contributed by atoms with Crippen LogP contribution in [0.1, 0.15) is 32.7 Å². The standard InChI is InChI=1S/C19H26N4O3/c1-4-25-15(3)19(24)23-12-10-22(11-13-23)14(2)18-20-17(21-26-18)16-8-6-5-7-9-16/h5-9,14-15H,4,10-13H2,1-3H3/t14-,15+/m0/s1. The molecule has 1 aliphatic rings. The van der Waals surface area contributed by atoms with Crippen LogP contribution in [0, 0.1) is 0 Å². The normalized spacial score (nSPS) is 17.9. The van der Waals surface area contributed by atoms with Crippen molar-refractivity contribution < 1.29 is 14.1 Å². The fourth-order valence-electron chi connectivity index (χ4n) is 3.17. The second-order valence-electron chi connectivity index (χ2n) is 6.46. The van der Waals surface area contributed by atoms with Crippen molar-refractivity contribution in [3.63, 3.8) is 0 Å². The summed E-state index contributed by atoms with van der Waals surface area (Å²) in [5, 5.41) is 4.10. The molecule has 0 unspecified atom stereocenters. The number of benzene rings is 1. The number of ether oxygens (including phenoxy) is 1. The Balaban J connectivity index is 1.58. The molecule has 7 heteroatoms.